The van der Waals surface area contributed by atoms with Crippen molar-refractivity contribution in [3.63, 3.8) is 0 Å². The smallest absolute Gasteiger partial charge is 0.154 e. The molecule has 2 rings (SSSR count). The quantitative estimate of drug-likeness (QED) is 0.840. The summed E-state index contributed by atoms with van der Waals surface area (Å²) in [6.07, 6.45) is 0. The molecular weight excluding hydrogens is 280 g/mol. The number of nitrogens with two attached hydrogens (primary N) is 1. The Labute approximate surface area is 120 Å². The summed E-state index contributed by atoms with van der Waals surface area (Å²) in [5.41, 5.74) is 8.21. The standard InChI is InChI=1S/C13H16N2S3/c1-3-16-11-5-4-6-12(10(11)7-14)18-13-15-9(2)8-17-13/h4-6,8H,3,7,14H2,1-2H3. The first-order chi connectivity index (χ1) is 8.74. The van der Waals surface area contributed by atoms with Crippen molar-refractivity contribution in [2.24, 2.45) is 5.73 Å². The van der Waals surface area contributed by atoms with E-state index in [0.717, 1.165) is 15.8 Å². The molecule has 0 spiro atoms. The van der Waals surface area contributed by atoms with E-state index in [1.165, 1.54) is 15.4 Å². The number of benzene rings is 1. The van der Waals surface area contributed by atoms with E-state index in [4.69, 9.17) is 5.73 Å². The van der Waals surface area contributed by atoms with Gasteiger partial charge in [-0.25, -0.2) is 4.98 Å². The van der Waals surface area contributed by atoms with Gasteiger partial charge in [0.1, 0.15) is 0 Å². The van der Waals surface area contributed by atoms with Gasteiger partial charge in [0.25, 0.3) is 0 Å². The van der Waals surface area contributed by atoms with Crippen molar-refractivity contribution in [2.75, 3.05) is 5.75 Å². The molecule has 0 aliphatic heterocycles. The van der Waals surface area contributed by atoms with Crippen molar-refractivity contribution >= 4 is 34.9 Å². The van der Waals surface area contributed by atoms with Gasteiger partial charge < -0.3 is 5.73 Å². The Morgan fingerprint density at radius 2 is 2.11 bits per heavy atom. The SMILES string of the molecule is CCSc1cccc(Sc2nc(C)cs2)c1CN. The van der Waals surface area contributed by atoms with Crippen LogP contribution in [0.2, 0.25) is 0 Å². The molecule has 2 N–H and O–H groups in total. The number of aromatic nitrogens is 1. The number of rotatable bonds is 5. The molecule has 0 radical (unpaired) electrons. The third-order valence-electron chi connectivity index (χ3n) is 2.39. The summed E-state index contributed by atoms with van der Waals surface area (Å²) >= 11 is 5.25. The number of thioether (sulfide) groups is 1. The zero-order chi connectivity index (χ0) is 13.0. The Balaban J connectivity index is 2.29. The van der Waals surface area contributed by atoms with Crippen molar-refractivity contribution < 1.29 is 0 Å². The summed E-state index contributed by atoms with van der Waals surface area (Å²) in [7, 11) is 0. The van der Waals surface area contributed by atoms with Gasteiger partial charge >= 0.3 is 0 Å². The Hall–Kier alpha value is -0.490. The van der Waals surface area contributed by atoms with Gasteiger partial charge in [-0.05, 0) is 30.4 Å². The van der Waals surface area contributed by atoms with Crippen molar-refractivity contribution in [1.82, 2.24) is 4.98 Å². The monoisotopic (exact) mass is 296 g/mol. The van der Waals surface area contributed by atoms with E-state index in [9.17, 15) is 0 Å². The van der Waals surface area contributed by atoms with E-state index in [-0.39, 0.29) is 0 Å². The maximum Gasteiger partial charge on any atom is 0.154 e. The molecule has 0 fully saturated rings. The van der Waals surface area contributed by atoms with Crippen LogP contribution in [-0.4, -0.2) is 10.7 Å². The van der Waals surface area contributed by atoms with E-state index in [0.29, 0.717) is 6.54 Å². The maximum atomic E-state index is 5.90. The molecule has 96 valence electrons. The molecule has 0 unspecified atom stereocenters. The summed E-state index contributed by atoms with van der Waals surface area (Å²) < 4.78 is 1.08. The fourth-order valence-electron chi connectivity index (χ4n) is 1.61. The van der Waals surface area contributed by atoms with Gasteiger partial charge in [0, 0.05) is 27.4 Å². The first kappa shape index (κ1) is 13.9. The van der Waals surface area contributed by atoms with Crippen LogP contribution >= 0.6 is 34.9 Å². The van der Waals surface area contributed by atoms with Crippen molar-refractivity contribution in [1.29, 1.82) is 0 Å². The first-order valence-electron chi connectivity index (χ1n) is 5.79. The van der Waals surface area contributed by atoms with Crippen LogP contribution in [0.4, 0.5) is 0 Å². The average molecular weight is 296 g/mol. The zero-order valence-corrected chi connectivity index (χ0v) is 12.9. The predicted octanol–water partition coefficient (Wildman–Crippen LogP) is 4.17. The van der Waals surface area contributed by atoms with Crippen molar-refractivity contribution in [2.45, 2.75) is 34.5 Å². The first-order valence-corrected chi connectivity index (χ1v) is 8.47. The molecular formula is C13H16N2S3. The van der Waals surface area contributed by atoms with Crippen LogP contribution in [-0.2, 0) is 6.54 Å². The minimum absolute atomic E-state index is 0.579. The highest BCUT2D eigenvalue weighted by molar-refractivity contribution is 8.01. The fourth-order valence-corrected chi connectivity index (χ4v) is 4.49. The third-order valence-corrected chi connectivity index (χ3v) is 5.53. The number of nitrogens with zero attached hydrogens (tertiary/aromatic N) is 1. The van der Waals surface area contributed by atoms with Gasteiger partial charge in [-0.1, -0.05) is 24.8 Å². The molecule has 2 aromatic rings. The van der Waals surface area contributed by atoms with Crippen LogP contribution in [0.1, 0.15) is 18.2 Å². The highest BCUT2D eigenvalue weighted by atomic mass is 32.2. The minimum Gasteiger partial charge on any atom is -0.326 e. The van der Waals surface area contributed by atoms with Crippen LogP contribution in [0.15, 0.2) is 37.7 Å². The maximum absolute atomic E-state index is 5.90. The number of thiazole rings is 1. The summed E-state index contributed by atoms with van der Waals surface area (Å²) in [6, 6.07) is 6.37. The van der Waals surface area contributed by atoms with E-state index in [2.05, 4.69) is 35.5 Å². The molecule has 0 bridgehead atoms. The lowest BCUT2D eigenvalue weighted by molar-refractivity contribution is 0.979. The summed E-state index contributed by atoms with van der Waals surface area (Å²) in [5.74, 6) is 1.07. The number of hydrogen-bond acceptors (Lipinski definition) is 5. The van der Waals surface area contributed by atoms with E-state index < -0.39 is 0 Å². The van der Waals surface area contributed by atoms with Crippen molar-refractivity contribution in [3.8, 4) is 0 Å². The molecule has 0 aliphatic carbocycles. The zero-order valence-electron chi connectivity index (χ0n) is 10.5. The lowest BCUT2D eigenvalue weighted by Gasteiger charge is -2.10. The number of aryl methyl sites for hydroxylation is 1. The molecule has 2 nitrogen and oxygen atoms in total. The van der Waals surface area contributed by atoms with Gasteiger partial charge in [-0.15, -0.1) is 23.1 Å². The summed E-state index contributed by atoms with van der Waals surface area (Å²) in [6.45, 7) is 4.76. The minimum atomic E-state index is 0.579. The van der Waals surface area contributed by atoms with Crippen LogP contribution in [0, 0.1) is 6.92 Å². The Morgan fingerprint density at radius 3 is 2.72 bits per heavy atom. The van der Waals surface area contributed by atoms with E-state index in [1.54, 1.807) is 23.1 Å². The van der Waals surface area contributed by atoms with Gasteiger partial charge in [-0.2, -0.15) is 0 Å². The molecule has 0 saturated carbocycles. The molecule has 5 heteroatoms. The second kappa shape index (κ2) is 6.61. The van der Waals surface area contributed by atoms with Gasteiger partial charge in [0.2, 0.25) is 0 Å². The lowest BCUT2D eigenvalue weighted by atomic mass is 10.2. The molecule has 0 aliphatic rings. The molecule has 18 heavy (non-hydrogen) atoms. The second-order valence-corrected chi connectivity index (χ2v) is 7.18. The number of hydrogen-bond donors (Lipinski definition) is 1. The average Bonchev–Trinajstić information content (AvgIpc) is 2.76. The topological polar surface area (TPSA) is 38.9 Å². The molecule has 1 aromatic heterocycles. The molecule has 0 amide bonds. The summed E-state index contributed by atoms with van der Waals surface area (Å²) in [4.78, 5) is 7.01. The fraction of sp³-hybridized carbons (Fsp3) is 0.308. The molecule has 0 atom stereocenters. The van der Waals surface area contributed by atoms with E-state index >= 15 is 0 Å². The van der Waals surface area contributed by atoms with Gasteiger partial charge in [0.15, 0.2) is 4.34 Å². The van der Waals surface area contributed by atoms with Crippen molar-refractivity contribution in [3.05, 3.63) is 34.8 Å². The molecule has 1 aromatic carbocycles. The Bertz CT molecular complexity index is 523. The van der Waals surface area contributed by atoms with E-state index in [1.807, 2.05) is 18.7 Å². The second-order valence-electron chi connectivity index (χ2n) is 3.73. The molecule has 0 saturated heterocycles. The highest BCUT2D eigenvalue weighted by Crippen LogP contribution is 2.36. The summed E-state index contributed by atoms with van der Waals surface area (Å²) in [5, 5.41) is 2.08. The van der Waals surface area contributed by atoms with Crippen LogP contribution in [0.3, 0.4) is 0 Å². The predicted molar refractivity (Wildman–Crippen MR) is 81.7 cm³/mol. The Kier molecular flexibility index (Phi) is 5.12. The largest absolute Gasteiger partial charge is 0.326 e. The Morgan fingerprint density at radius 1 is 1.33 bits per heavy atom. The molecule has 1 heterocycles. The third kappa shape index (κ3) is 3.29. The van der Waals surface area contributed by atoms with Crippen LogP contribution in [0.25, 0.3) is 0 Å². The highest BCUT2D eigenvalue weighted by Gasteiger charge is 2.10. The van der Waals surface area contributed by atoms with Gasteiger partial charge in [-0.3, -0.25) is 0 Å². The van der Waals surface area contributed by atoms with Crippen LogP contribution in [0.5, 0.6) is 0 Å². The van der Waals surface area contributed by atoms with Gasteiger partial charge in [0.05, 0.1) is 0 Å². The lowest BCUT2D eigenvalue weighted by Crippen LogP contribution is -2.00. The van der Waals surface area contributed by atoms with Crippen LogP contribution < -0.4 is 5.73 Å². The normalized spacial score (nSPS) is 10.8.